The first-order valence-corrected chi connectivity index (χ1v) is 12.9. The van der Waals surface area contributed by atoms with Gasteiger partial charge < -0.3 is 24.4 Å². The van der Waals surface area contributed by atoms with Crippen molar-refractivity contribution < 1.29 is 23.8 Å². The van der Waals surface area contributed by atoms with Gasteiger partial charge in [-0.05, 0) is 49.4 Å². The van der Waals surface area contributed by atoms with Crippen molar-refractivity contribution in [3.05, 3.63) is 82.0 Å². The summed E-state index contributed by atoms with van der Waals surface area (Å²) >= 11 is 1.43. The lowest BCUT2D eigenvalue weighted by molar-refractivity contribution is -0.143. The largest absolute Gasteiger partial charge is 0.493 e. The Bertz CT molecular complexity index is 1270. The van der Waals surface area contributed by atoms with Gasteiger partial charge in [-0.15, -0.1) is 0 Å². The van der Waals surface area contributed by atoms with Crippen LogP contribution in [0.5, 0.6) is 11.5 Å². The van der Waals surface area contributed by atoms with Gasteiger partial charge in [0, 0.05) is 12.2 Å². The number of hydrogen-bond acceptors (Lipinski definition) is 8. The van der Waals surface area contributed by atoms with Crippen LogP contribution in [0.3, 0.4) is 0 Å². The Balaban J connectivity index is 1.67. The molecule has 37 heavy (non-hydrogen) atoms. The molecule has 1 N–H and O–H groups in total. The molecule has 4 rings (SSSR count). The van der Waals surface area contributed by atoms with Crippen LogP contribution >= 0.6 is 11.8 Å². The molecule has 0 fully saturated rings. The minimum absolute atomic E-state index is 0.124. The number of aliphatic imine (C=N–C) groups is 1. The lowest BCUT2D eigenvalue weighted by Crippen LogP contribution is -2.38. The van der Waals surface area contributed by atoms with Crippen LogP contribution in [0.1, 0.15) is 44.4 Å². The maximum atomic E-state index is 13.3. The fourth-order valence-electron chi connectivity index (χ4n) is 4.27. The predicted octanol–water partition coefficient (Wildman–Crippen LogP) is 4.94. The summed E-state index contributed by atoms with van der Waals surface area (Å²) in [4.78, 5) is 32.9. The summed E-state index contributed by atoms with van der Waals surface area (Å²) in [6, 6.07) is 14.7. The number of methoxy groups -OCH3 is 2. The zero-order chi connectivity index (χ0) is 26.5. The van der Waals surface area contributed by atoms with Crippen LogP contribution in [0.15, 0.2) is 75.9 Å². The van der Waals surface area contributed by atoms with Crippen LogP contribution in [-0.2, 0) is 20.9 Å². The number of carbonyl (C=O) groups excluding carboxylic acids is 2. The average molecular weight is 522 g/mol. The van der Waals surface area contributed by atoms with Crippen molar-refractivity contribution in [3.8, 4) is 11.5 Å². The van der Waals surface area contributed by atoms with E-state index in [1.807, 2.05) is 66.6 Å². The van der Waals surface area contributed by atoms with E-state index in [2.05, 4.69) is 5.32 Å². The molecule has 1 amide bonds. The Morgan fingerprint density at radius 2 is 1.81 bits per heavy atom. The van der Waals surface area contributed by atoms with E-state index in [9.17, 15) is 9.59 Å². The first-order valence-electron chi connectivity index (χ1n) is 12.0. The normalized spacial score (nSPS) is 16.7. The topological polar surface area (TPSA) is 89.5 Å². The van der Waals surface area contributed by atoms with Crippen molar-refractivity contribution in [1.82, 2.24) is 10.2 Å². The first-order chi connectivity index (χ1) is 17.8. The Kier molecular flexibility index (Phi) is 8.23. The fourth-order valence-corrected chi connectivity index (χ4v) is 5.23. The zero-order valence-electron chi connectivity index (χ0n) is 21.6. The number of amides is 1. The fraction of sp³-hybridized carbons (Fsp3) is 0.321. The summed E-state index contributed by atoms with van der Waals surface area (Å²) in [5.41, 5.74) is 3.55. The molecule has 0 saturated carbocycles. The van der Waals surface area contributed by atoms with Gasteiger partial charge in [0.1, 0.15) is 0 Å². The highest BCUT2D eigenvalue weighted by Gasteiger charge is 2.41. The number of ether oxygens (including phenoxy) is 3. The molecule has 0 aromatic heterocycles. The third-order valence-corrected chi connectivity index (χ3v) is 6.85. The second-order valence-corrected chi connectivity index (χ2v) is 9.74. The second-order valence-electron chi connectivity index (χ2n) is 8.90. The average Bonchev–Trinajstić information content (AvgIpc) is 3.27. The van der Waals surface area contributed by atoms with Crippen LogP contribution in [-0.4, -0.2) is 42.3 Å². The van der Waals surface area contributed by atoms with Crippen molar-refractivity contribution in [2.24, 2.45) is 4.99 Å². The molecule has 2 aromatic rings. The van der Waals surface area contributed by atoms with E-state index >= 15 is 0 Å². The van der Waals surface area contributed by atoms with Crippen LogP contribution in [0.2, 0.25) is 0 Å². The number of benzene rings is 2. The molecule has 0 bridgehead atoms. The molecular weight excluding hydrogens is 490 g/mol. The number of allylic oxidation sites excluding steroid dienone is 1. The number of carbonyl (C=O) groups is 2. The molecule has 0 saturated heterocycles. The van der Waals surface area contributed by atoms with E-state index in [0.717, 1.165) is 16.8 Å². The summed E-state index contributed by atoms with van der Waals surface area (Å²) in [6.07, 6.45) is -0.162. The summed E-state index contributed by atoms with van der Waals surface area (Å²) in [5, 5.41) is 5.60. The number of nitrogens with zero attached hydrogens (tertiary/aromatic N) is 2. The zero-order valence-corrected chi connectivity index (χ0v) is 22.4. The SMILES string of the molecule is COc1ccc([C@H]2C(C(=O)OC(C)C)=C(C)N=C3SC=C(CC(=O)NCc4ccccc4)N32)cc1OC. The first kappa shape index (κ1) is 26.3. The molecule has 2 aromatic carbocycles. The van der Waals surface area contributed by atoms with Gasteiger partial charge in [0.05, 0.1) is 44.1 Å². The van der Waals surface area contributed by atoms with Crippen LogP contribution < -0.4 is 14.8 Å². The van der Waals surface area contributed by atoms with Crippen molar-refractivity contribution in [1.29, 1.82) is 0 Å². The highest BCUT2D eigenvalue weighted by Crippen LogP contribution is 2.46. The summed E-state index contributed by atoms with van der Waals surface area (Å²) in [6.45, 7) is 5.86. The molecule has 0 unspecified atom stereocenters. The van der Waals surface area contributed by atoms with Crippen molar-refractivity contribution >= 4 is 28.8 Å². The Labute approximate surface area is 221 Å². The number of rotatable bonds is 9. The lowest BCUT2D eigenvalue weighted by atomic mass is 9.93. The maximum Gasteiger partial charge on any atom is 0.338 e. The van der Waals surface area contributed by atoms with Crippen molar-refractivity contribution in [2.75, 3.05) is 14.2 Å². The highest BCUT2D eigenvalue weighted by molar-refractivity contribution is 8.16. The molecule has 1 atom stereocenters. The van der Waals surface area contributed by atoms with Gasteiger partial charge in [-0.2, -0.15) is 0 Å². The standard InChI is InChI=1S/C28H31N3O5S/c1-17(2)36-27(33)25-18(3)30-28-31(26(25)20-11-12-22(34-4)23(13-20)35-5)21(16-37-28)14-24(32)29-15-19-9-7-6-8-10-19/h6-13,16-17,26H,14-15H2,1-5H3,(H,29,32)/t26-/m0/s1. The lowest BCUT2D eigenvalue weighted by Gasteiger charge is -2.36. The minimum atomic E-state index is -0.554. The van der Waals surface area contributed by atoms with Gasteiger partial charge in [-0.1, -0.05) is 48.2 Å². The van der Waals surface area contributed by atoms with E-state index in [1.54, 1.807) is 27.2 Å². The molecule has 2 heterocycles. The number of esters is 1. The van der Waals surface area contributed by atoms with Gasteiger partial charge in [-0.25, -0.2) is 9.79 Å². The van der Waals surface area contributed by atoms with Crippen molar-refractivity contribution in [2.45, 2.75) is 45.9 Å². The number of amidine groups is 1. The van der Waals surface area contributed by atoms with Crippen LogP contribution in [0.4, 0.5) is 0 Å². The Morgan fingerprint density at radius 1 is 1.08 bits per heavy atom. The van der Waals surface area contributed by atoms with E-state index in [1.165, 1.54) is 11.8 Å². The summed E-state index contributed by atoms with van der Waals surface area (Å²) in [7, 11) is 3.14. The number of hydrogen-bond donors (Lipinski definition) is 1. The Morgan fingerprint density at radius 3 is 2.49 bits per heavy atom. The van der Waals surface area contributed by atoms with Gasteiger partial charge in [-0.3, -0.25) is 4.79 Å². The minimum Gasteiger partial charge on any atom is -0.493 e. The van der Waals surface area contributed by atoms with Gasteiger partial charge in [0.25, 0.3) is 0 Å². The van der Waals surface area contributed by atoms with Crippen LogP contribution in [0, 0.1) is 0 Å². The van der Waals surface area contributed by atoms with E-state index in [-0.39, 0.29) is 18.4 Å². The highest BCUT2D eigenvalue weighted by atomic mass is 32.2. The van der Waals surface area contributed by atoms with Gasteiger partial charge in [0.2, 0.25) is 5.91 Å². The Hall–Kier alpha value is -3.72. The smallest absolute Gasteiger partial charge is 0.338 e. The monoisotopic (exact) mass is 521 g/mol. The number of nitrogens with one attached hydrogen (secondary N) is 1. The molecule has 0 aliphatic carbocycles. The van der Waals surface area contributed by atoms with E-state index in [0.29, 0.717) is 34.5 Å². The molecular formula is C28H31N3O5S. The van der Waals surface area contributed by atoms with Gasteiger partial charge in [0.15, 0.2) is 16.7 Å². The number of fused-ring (bicyclic) bond motifs is 1. The molecule has 0 spiro atoms. The molecule has 2 aliphatic rings. The molecule has 2 aliphatic heterocycles. The third kappa shape index (κ3) is 5.83. The number of thioether (sulfide) groups is 1. The molecule has 194 valence electrons. The quantitative estimate of drug-likeness (QED) is 0.468. The summed E-state index contributed by atoms with van der Waals surface area (Å²) < 4.78 is 16.6. The van der Waals surface area contributed by atoms with E-state index in [4.69, 9.17) is 19.2 Å². The van der Waals surface area contributed by atoms with Gasteiger partial charge >= 0.3 is 5.97 Å². The van der Waals surface area contributed by atoms with E-state index < -0.39 is 12.0 Å². The predicted molar refractivity (Wildman–Crippen MR) is 144 cm³/mol. The van der Waals surface area contributed by atoms with Crippen molar-refractivity contribution in [3.63, 3.8) is 0 Å². The molecule has 8 nitrogen and oxygen atoms in total. The summed E-state index contributed by atoms with van der Waals surface area (Å²) in [5.74, 6) is 0.548. The van der Waals surface area contributed by atoms with Crippen LogP contribution in [0.25, 0.3) is 0 Å². The molecule has 9 heteroatoms. The third-order valence-electron chi connectivity index (χ3n) is 5.96. The second kappa shape index (κ2) is 11.6. The maximum absolute atomic E-state index is 13.3. The molecule has 0 radical (unpaired) electrons.